The molecule has 1 aliphatic heterocycles. The van der Waals surface area contributed by atoms with Crippen molar-refractivity contribution in [2.45, 2.75) is 32.3 Å². The lowest BCUT2D eigenvalue weighted by Gasteiger charge is -2.31. The average Bonchev–Trinajstić information content (AvgIpc) is 2.55. The van der Waals surface area contributed by atoms with E-state index >= 15 is 0 Å². The lowest BCUT2D eigenvalue weighted by Crippen LogP contribution is -2.34. The summed E-state index contributed by atoms with van der Waals surface area (Å²) in [6.45, 7) is 3.93. The van der Waals surface area contributed by atoms with Crippen LogP contribution in [0.4, 0.5) is 0 Å². The Kier molecular flexibility index (Phi) is 4.31. The lowest BCUT2D eigenvalue weighted by molar-refractivity contribution is 0.0810. The Labute approximate surface area is 141 Å². The van der Waals surface area contributed by atoms with Gasteiger partial charge < -0.3 is 9.47 Å². The topological polar surface area (TPSA) is 35.5 Å². The highest BCUT2D eigenvalue weighted by Crippen LogP contribution is 2.41. The summed E-state index contributed by atoms with van der Waals surface area (Å²) in [5.74, 6) is 0.987. The van der Waals surface area contributed by atoms with Crippen LogP contribution in [0.3, 0.4) is 0 Å². The molecule has 0 saturated heterocycles. The quantitative estimate of drug-likeness (QED) is 0.821. The normalized spacial score (nSPS) is 19.9. The van der Waals surface area contributed by atoms with Crippen LogP contribution in [0.1, 0.15) is 41.3 Å². The van der Waals surface area contributed by atoms with E-state index in [0.29, 0.717) is 16.3 Å². The largest absolute Gasteiger partial charge is 0.496 e. The Hall–Kier alpha value is -2.00. The van der Waals surface area contributed by atoms with Crippen molar-refractivity contribution >= 4 is 17.4 Å². The zero-order valence-corrected chi connectivity index (χ0v) is 14.2. The van der Waals surface area contributed by atoms with E-state index in [1.165, 1.54) is 0 Å². The van der Waals surface area contributed by atoms with Crippen LogP contribution >= 0.6 is 11.6 Å². The van der Waals surface area contributed by atoms with E-state index in [4.69, 9.17) is 21.1 Å². The maximum Gasteiger partial charge on any atom is 0.177 e. The van der Waals surface area contributed by atoms with E-state index in [2.05, 4.69) is 0 Å². The maximum absolute atomic E-state index is 13.1. The Morgan fingerprint density at radius 3 is 2.65 bits per heavy atom. The number of hydrogen-bond donors (Lipinski definition) is 0. The van der Waals surface area contributed by atoms with Gasteiger partial charge >= 0.3 is 0 Å². The molecular weight excluding hydrogens is 312 g/mol. The molecule has 2 unspecified atom stereocenters. The molecule has 0 amide bonds. The van der Waals surface area contributed by atoms with Gasteiger partial charge in [0.25, 0.3) is 0 Å². The second-order valence-electron chi connectivity index (χ2n) is 5.70. The van der Waals surface area contributed by atoms with Crippen LogP contribution < -0.4 is 9.47 Å². The van der Waals surface area contributed by atoms with E-state index in [-0.39, 0.29) is 11.9 Å². The standard InChI is InChI=1S/C19H19ClO3/c1-4-12-9-14-17(10-16(12)22-3)23-11(2)18(19(14)21)13-7-5-6-8-15(13)20/h5-11,18H,4H2,1-3H3. The number of aryl methyl sites for hydroxylation is 1. The molecule has 0 bridgehead atoms. The minimum atomic E-state index is -0.394. The Morgan fingerprint density at radius 2 is 2.00 bits per heavy atom. The number of Topliss-reactive ketones (excluding diaryl/α,β-unsaturated/α-hetero) is 1. The number of halogens is 1. The molecule has 0 fully saturated rings. The van der Waals surface area contributed by atoms with E-state index in [9.17, 15) is 4.79 Å². The van der Waals surface area contributed by atoms with E-state index in [1.54, 1.807) is 13.2 Å². The van der Waals surface area contributed by atoms with Crippen molar-refractivity contribution in [3.63, 3.8) is 0 Å². The fourth-order valence-electron chi connectivity index (χ4n) is 3.13. The molecule has 4 heteroatoms. The lowest BCUT2D eigenvalue weighted by atomic mass is 9.83. The van der Waals surface area contributed by atoms with E-state index < -0.39 is 5.92 Å². The summed E-state index contributed by atoms with van der Waals surface area (Å²) in [6.07, 6.45) is 0.503. The second-order valence-corrected chi connectivity index (χ2v) is 6.11. The summed E-state index contributed by atoms with van der Waals surface area (Å²) in [5, 5.41) is 0.592. The molecule has 0 aliphatic carbocycles. The van der Waals surface area contributed by atoms with Crippen molar-refractivity contribution in [2.75, 3.05) is 7.11 Å². The molecule has 1 heterocycles. The van der Waals surface area contributed by atoms with Crippen molar-refractivity contribution in [3.05, 3.63) is 58.1 Å². The molecule has 0 spiro atoms. The van der Waals surface area contributed by atoms with Crippen LogP contribution in [0.5, 0.6) is 11.5 Å². The summed E-state index contributed by atoms with van der Waals surface area (Å²) in [4.78, 5) is 13.1. The molecule has 23 heavy (non-hydrogen) atoms. The van der Waals surface area contributed by atoms with Gasteiger partial charge in [0.2, 0.25) is 0 Å². The highest BCUT2D eigenvalue weighted by atomic mass is 35.5. The zero-order valence-electron chi connectivity index (χ0n) is 13.4. The number of carbonyl (C=O) groups is 1. The molecule has 3 rings (SSSR count). The van der Waals surface area contributed by atoms with Gasteiger partial charge in [0.15, 0.2) is 5.78 Å². The number of rotatable bonds is 3. The molecule has 0 radical (unpaired) electrons. The summed E-state index contributed by atoms with van der Waals surface area (Å²) < 4.78 is 11.4. The first-order valence-corrected chi connectivity index (χ1v) is 8.10. The van der Waals surface area contributed by atoms with Gasteiger partial charge in [-0.05, 0) is 36.6 Å². The van der Waals surface area contributed by atoms with Gasteiger partial charge in [-0.25, -0.2) is 0 Å². The number of ketones is 1. The monoisotopic (exact) mass is 330 g/mol. The summed E-state index contributed by atoms with van der Waals surface area (Å²) in [7, 11) is 1.63. The first-order valence-electron chi connectivity index (χ1n) is 7.73. The molecular formula is C19H19ClO3. The number of fused-ring (bicyclic) bond motifs is 1. The molecule has 2 aromatic carbocycles. The van der Waals surface area contributed by atoms with Crippen LogP contribution in [-0.4, -0.2) is 19.0 Å². The number of methoxy groups -OCH3 is 1. The van der Waals surface area contributed by atoms with Crippen LogP contribution in [0.15, 0.2) is 36.4 Å². The van der Waals surface area contributed by atoms with Gasteiger partial charge in [-0.15, -0.1) is 0 Å². The van der Waals surface area contributed by atoms with Crippen molar-refractivity contribution < 1.29 is 14.3 Å². The van der Waals surface area contributed by atoms with Gasteiger partial charge in [-0.3, -0.25) is 4.79 Å². The highest BCUT2D eigenvalue weighted by Gasteiger charge is 2.37. The summed E-state index contributed by atoms with van der Waals surface area (Å²) in [5.41, 5.74) is 2.41. The first-order chi connectivity index (χ1) is 11.1. The van der Waals surface area contributed by atoms with E-state index in [1.807, 2.05) is 44.2 Å². The first kappa shape index (κ1) is 15.9. The molecule has 1 aliphatic rings. The number of carbonyl (C=O) groups excluding carboxylic acids is 1. The number of benzene rings is 2. The molecule has 0 aromatic heterocycles. The van der Waals surface area contributed by atoms with Crippen LogP contribution in [0, 0.1) is 0 Å². The van der Waals surface area contributed by atoms with Gasteiger partial charge in [0, 0.05) is 11.1 Å². The third-order valence-corrected chi connectivity index (χ3v) is 4.68. The third kappa shape index (κ3) is 2.70. The minimum absolute atomic E-state index is 0.0456. The van der Waals surface area contributed by atoms with E-state index in [0.717, 1.165) is 23.3 Å². The Balaban J connectivity index is 2.10. The zero-order chi connectivity index (χ0) is 16.6. The van der Waals surface area contributed by atoms with Crippen molar-refractivity contribution in [3.8, 4) is 11.5 Å². The van der Waals surface area contributed by atoms with Crippen molar-refractivity contribution in [1.29, 1.82) is 0 Å². The molecule has 120 valence electrons. The molecule has 2 atom stereocenters. The number of hydrogen-bond acceptors (Lipinski definition) is 3. The summed E-state index contributed by atoms with van der Waals surface area (Å²) >= 11 is 6.29. The van der Waals surface area contributed by atoms with Gasteiger partial charge in [0.1, 0.15) is 17.6 Å². The van der Waals surface area contributed by atoms with Gasteiger partial charge in [-0.2, -0.15) is 0 Å². The average molecular weight is 331 g/mol. The third-order valence-electron chi connectivity index (χ3n) is 4.33. The predicted molar refractivity (Wildman–Crippen MR) is 91.0 cm³/mol. The number of ether oxygens (including phenoxy) is 2. The SMILES string of the molecule is CCc1cc2c(cc1OC)OC(C)C(c1ccccc1Cl)C2=O. The summed E-state index contributed by atoms with van der Waals surface area (Å²) in [6, 6.07) is 11.1. The molecule has 0 saturated carbocycles. The molecule has 2 aromatic rings. The van der Waals surface area contributed by atoms with Gasteiger partial charge in [-0.1, -0.05) is 36.7 Å². The van der Waals surface area contributed by atoms with Crippen molar-refractivity contribution in [1.82, 2.24) is 0 Å². The van der Waals surface area contributed by atoms with Crippen molar-refractivity contribution in [2.24, 2.45) is 0 Å². The van der Waals surface area contributed by atoms with Crippen LogP contribution in [0.25, 0.3) is 0 Å². The van der Waals surface area contributed by atoms with Gasteiger partial charge in [0.05, 0.1) is 18.6 Å². The van der Waals surface area contributed by atoms with Crippen LogP contribution in [-0.2, 0) is 6.42 Å². The minimum Gasteiger partial charge on any atom is -0.496 e. The smallest absolute Gasteiger partial charge is 0.177 e. The molecule has 0 N–H and O–H groups in total. The predicted octanol–water partition coefficient (Wildman–Crippen LogP) is 4.66. The molecule has 3 nitrogen and oxygen atoms in total. The fourth-order valence-corrected chi connectivity index (χ4v) is 3.39. The Morgan fingerprint density at radius 1 is 1.26 bits per heavy atom. The Bertz CT molecular complexity index is 754. The maximum atomic E-state index is 13.1. The fraction of sp³-hybridized carbons (Fsp3) is 0.316. The highest BCUT2D eigenvalue weighted by molar-refractivity contribution is 6.31. The second kappa shape index (κ2) is 6.25. The van der Waals surface area contributed by atoms with Crippen LogP contribution in [0.2, 0.25) is 5.02 Å².